The van der Waals surface area contributed by atoms with Crippen molar-refractivity contribution in [2.45, 2.75) is 87.0 Å². The van der Waals surface area contributed by atoms with Crippen LogP contribution < -0.4 is 28.4 Å². The lowest BCUT2D eigenvalue weighted by Gasteiger charge is -2.16. The molecule has 0 bridgehead atoms. The van der Waals surface area contributed by atoms with Crippen LogP contribution in [0.4, 0.5) is 17.6 Å². The highest BCUT2D eigenvalue weighted by Gasteiger charge is 2.31. The number of hydrogen-bond donors (Lipinski definition) is 3. The summed E-state index contributed by atoms with van der Waals surface area (Å²) in [6.45, 7) is 24.8. The number of phenolic OH excluding ortho intramolecular Hbond substituents is 3. The van der Waals surface area contributed by atoms with E-state index in [4.69, 9.17) is 28.4 Å². The molecule has 0 amide bonds. The molecule has 0 aliphatic carbocycles. The second kappa shape index (κ2) is 36.7. The Kier molecular flexibility index (Phi) is 26.2. The minimum absolute atomic E-state index is 0.0362. The Balaban J connectivity index is 0.000000148. The van der Waals surface area contributed by atoms with Crippen molar-refractivity contribution < 1.29 is 75.7 Å². The van der Waals surface area contributed by atoms with Gasteiger partial charge in [0, 0.05) is 86.7 Å². The number of aryl methyl sites for hydroxylation is 4. The normalized spacial score (nSPS) is 15.8. The van der Waals surface area contributed by atoms with Gasteiger partial charge in [0.15, 0.2) is 17.2 Å². The molecule has 3 aliphatic rings. The summed E-state index contributed by atoms with van der Waals surface area (Å²) in [5, 5.41) is 32.0. The summed E-state index contributed by atoms with van der Waals surface area (Å²) in [5.41, 5.74) is 2.54. The lowest BCUT2D eigenvalue weighted by Crippen LogP contribution is -2.26. The number of thiophene rings is 3. The molecule has 3 fully saturated rings. The van der Waals surface area contributed by atoms with Crippen LogP contribution >= 0.6 is 34.0 Å². The predicted octanol–water partition coefficient (Wildman–Crippen LogP) is 22.0. The van der Waals surface area contributed by atoms with Gasteiger partial charge in [-0.15, -0.1) is 34.0 Å². The van der Waals surface area contributed by atoms with Crippen LogP contribution in [0.3, 0.4) is 0 Å². The number of ketones is 3. The predicted molar refractivity (Wildman–Crippen MR) is 439 cm³/mol. The highest BCUT2D eigenvalue weighted by Crippen LogP contribution is 2.47. The summed E-state index contributed by atoms with van der Waals surface area (Å²) < 4.78 is 94.4. The molecule has 0 unspecified atom stereocenters. The summed E-state index contributed by atoms with van der Waals surface area (Å²) in [4.78, 5) is 49.0. The number of fused-ring (bicyclic) bond motifs is 3. The molecule has 3 N–H and O–H groups in total. The van der Waals surface area contributed by atoms with Gasteiger partial charge in [0.05, 0.1) is 5.56 Å². The first-order valence-corrected chi connectivity index (χ1v) is 40.8. The van der Waals surface area contributed by atoms with Gasteiger partial charge in [-0.3, -0.25) is 29.1 Å². The molecule has 3 aromatic heterocycles. The number of carbonyl (C=O) groups excluding carboxylic acids is 3. The third-order valence-electron chi connectivity index (χ3n) is 21.1. The van der Waals surface area contributed by atoms with Crippen molar-refractivity contribution in [2.24, 2.45) is 17.8 Å². The molecule has 15 nitrogen and oxygen atoms in total. The van der Waals surface area contributed by atoms with Crippen molar-refractivity contribution in [3.05, 3.63) is 247 Å². The van der Waals surface area contributed by atoms with Crippen molar-refractivity contribution in [3.8, 4) is 69.0 Å². The quantitative estimate of drug-likeness (QED) is 0.0327. The van der Waals surface area contributed by atoms with Gasteiger partial charge in [0.2, 0.25) is 17.3 Å². The van der Waals surface area contributed by atoms with Gasteiger partial charge >= 0.3 is 0 Å². The smallest absolute Gasteiger partial charge is 0.210 e. The topological polar surface area (TPSA) is 177 Å². The number of aromatic hydroxyl groups is 3. The molecule has 0 spiro atoms. The first-order chi connectivity index (χ1) is 54.5. The van der Waals surface area contributed by atoms with Crippen LogP contribution in [-0.4, -0.2) is 126 Å². The van der Waals surface area contributed by atoms with Crippen molar-refractivity contribution in [3.63, 3.8) is 0 Å². The van der Waals surface area contributed by atoms with Gasteiger partial charge in [-0.2, -0.15) is 0 Å². The molecule has 113 heavy (non-hydrogen) atoms. The Bertz CT molecular complexity index is 5130. The Morgan fingerprint density at radius 3 is 1.04 bits per heavy atom. The molecule has 3 saturated heterocycles. The summed E-state index contributed by atoms with van der Waals surface area (Å²) in [6, 6.07) is 45.1. The van der Waals surface area contributed by atoms with E-state index in [9.17, 15) is 47.3 Å². The van der Waals surface area contributed by atoms with Gasteiger partial charge in [0.25, 0.3) is 0 Å². The molecule has 12 aromatic rings. The molecule has 6 heterocycles. The van der Waals surface area contributed by atoms with Crippen molar-refractivity contribution >= 4 is 81.6 Å². The fourth-order valence-electron chi connectivity index (χ4n) is 14.8. The van der Waals surface area contributed by atoms with Crippen LogP contribution in [0.15, 0.2) is 170 Å². The molecular formula is C91H91F4N3O12S3. The Morgan fingerprint density at radius 1 is 0.381 bits per heavy atom. The lowest BCUT2D eigenvalue weighted by atomic mass is 9.97. The van der Waals surface area contributed by atoms with E-state index < -0.39 is 17.4 Å². The second-order valence-electron chi connectivity index (χ2n) is 29.1. The van der Waals surface area contributed by atoms with Gasteiger partial charge in [-0.05, 0) is 270 Å². The van der Waals surface area contributed by atoms with Crippen LogP contribution in [0.2, 0.25) is 0 Å². The Hall–Kier alpha value is -10.3. The summed E-state index contributed by atoms with van der Waals surface area (Å²) in [7, 11) is 0. The van der Waals surface area contributed by atoms with E-state index in [2.05, 4.69) is 35.5 Å². The van der Waals surface area contributed by atoms with Gasteiger partial charge < -0.3 is 43.7 Å². The number of ether oxygens (including phenoxy) is 6. The van der Waals surface area contributed by atoms with Crippen molar-refractivity contribution in [2.75, 3.05) is 78.7 Å². The Morgan fingerprint density at radius 2 is 0.699 bits per heavy atom. The van der Waals surface area contributed by atoms with Gasteiger partial charge in [-0.1, -0.05) is 40.0 Å². The van der Waals surface area contributed by atoms with Crippen LogP contribution in [0.1, 0.15) is 127 Å². The van der Waals surface area contributed by atoms with E-state index in [0.717, 1.165) is 126 Å². The van der Waals surface area contributed by atoms with E-state index >= 15 is 0 Å². The zero-order chi connectivity index (χ0) is 79.6. The van der Waals surface area contributed by atoms with Gasteiger partial charge in [-0.25, -0.2) is 17.6 Å². The first kappa shape index (κ1) is 80.7. The number of benzene rings is 9. The number of halogens is 4. The maximum absolute atomic E-state index is 14.7. The second-order valence-corrected chi connectivity index (χ2v) is 32.3. The SMILES string of the molecule is CC[C@@H]1CCN(CCOc2ccc(Oc3c(C(=O)c4c(C)cc(F)cc4C)sc4cc(O)ccc34)cc2)C1.CC[C@@H]1CCN(CCOc2ccc(Oc3c(C(=O)c4c(C)cc(F)cc4F)sc4cc(O)ccc34)cc2)C1.CC[C@@H]1CCN(CCOc2ccc(Oc3c(C(=O)c4ccc(F)cc4C)sc4cc(O)ccc34)cc2)C1. The Labute approximate surface area is 667 Å². The molecule has 3 atom stereocenters. The maximum atomic E-state index is 14.7. The highest BCUT2D eigenvalue weighted by atomic mass is 32.1. The lowest BCUT2D eigenvalue weighted by molar-refractivity contribution is 0.102. The van der Waals surface area contributed by atoms with E-state index in [1.165, 1.54) is 111 Å². The monoisotopic (exact) mass is 1590 g/mol. The standard InChI is InChI=1S/C31H32FNO4S.C30H29F2NO4S.C30H30FNO4S/c1-4-21-11-12-33(18-21)13-14-36-24-6-8-25(9-7-24)37-30-26-10-5-23(34)17-27(26)38-31(30)29(35)28-19(2)15-22(32)16-20(28)3;1-3-19-10-11-33(17-19)12-13-36-22-5-7-23(8-6-22)37-29-24-9-4-21(34)16-26(24)38-30(29)28(35)27-18(2)14-20(31)15-25(27)32;1-3-20-12-13-32(18-20)14-15-35-23-6-8-24(9-7-23)36-29-26-11-5-22(33)17-27(26)37-30(29)28(34)25-10-4-21(31)16-19(25)2/h5-10,15-17,21,34H,4,11-14,18H2,1-3H3;4-9,14-16,19,34H,3,10-13,17H2,1-2H3;4-11,16-17,20,33H,3,12-15,18H2,1-2H3/t21-;19-;20-/m111/s1. The number of likely N-dealkylation sites (tertiary alicyclic amines) is 3. The van der Waals surface area contributed by atoms with Crippen LogP contribution in [0.25, 0.3) is 30.3 Å². The van der Waals surface area contributed by atoms with E-state index in [0.29, 0.717) is 108 Å². The average molecular weight is 1590 g/mol. The summed E-state index contributed by atoms with van der Waals surface area (Å²) >= 11 is 3.58. The van der Waals surface area contributed by atoms with Crippen molar-refractivity contribution in [1.82, 2.24) is 14.7 Å². The van der Waals surface area contributed by atoms with Crippen molar-refractivity contribution in [1.29, 1.82) is 0 Å². The summed E-state index contributed by atoms with van der Waals surface area (Å²) in [5.74, 6) is 4.05. The molecule has 3 aliphatic heterocycles. The number of carbonyl (C=O) groups is 3. The molecule has 9 aromatic carbocycles. The average Bonchev–Trinajstić information content (AvgIpc) is 1.63. The molecule has 0 saturated carbocycles. The van der Waals surface area contributed by atoms with E-state index in [-0.39, 0.29) is 62.2 Å². The largest absolute Gasteiger partial charge is 0.508 e. The number of nitrogens with zero attached hydrogens (tertiary/aromatic N) is 3. The number of phenols is 3. The first-order valence-electron chi connectivity index (χ1n) is 38.3. The zero-order valence-electron chi connectivity index (χ0n) is 64.2. The van der Waals surface area contributed by atoms with Crippen LogP contribution in [-0.2, 0) is 0 Å². The van der Waals surface area contributed by atoms with E-state index in [1.54, 1.807) is 87.5 Å². The zero-order valence-corrected chi connectivity index (χ0v) is 66.7. The third-order valence-corrected chi connectivity index (χ3v) is 24.5. The minimum atomic E-state index is -0.931. The fraction of sp³-hybridized carbons (Fsp3) is 0.308. The van der Waals surface area contributed by atoms with Crippen LogP contribution in [0.5, 0.6) is 69.0 Å². The number of hydrogen-bond acceptors (Lipinski definition) is 18. The van der Waals surface area contributed by atoms with E-state index in [1.807, 2.05) is 48.5 Å². The highest BCUT2D eigenvalue weighted by molar-refractivity contribution is 7.22. The molecule has 0 radical (unpaired) electrons. The molecular weight excluding hydrogens is 1500 g/mol. The van der Waals surface area contributed by atoms with Gasteiger partial charge in [0.1, 0.15) is 109 Å². The molecule has 588 valence electrons. The maximum Gasteiger partial charge on any atom is 0.210 e. The minimum Gasteiger partial charge on any atom is -0.508 e. The third kappa shape index (κ3) is 19.7. The van der Waals surface area contributed by atoms with Crippen LogP contribution in [0, 0.1) is 68.7 Å². The molecule has 15 rings (SSSR count). The summed E-state index contributed by atoms with van der Waals surface area (Å²) in [6.07, 6.45) is 7.46. The number of rotatable bonds is 27. The molecule has 22 heteroatoms. The fourth-order valence-corrected chi connectivity index (χ4v) is 18.2.